The van der Waals surface area contributed by atoms with Gasteiger partial charge in [0.05, 0.1) is 13.2 Å². The molecule has 0 radical (unpaired) electrons. The molecule has 1 saturated heterocycles. The Balaban J connectivity index is 1.65. The Morgan fingerprint density at radius 3 is 2.58 bits per heavy atom. The third-order valence-corrected chi connectivity index (χ3v) is 6.89. The zero-order valence-electron chi connectivity index (χ0n) is 20.8. The van der Waals surface area contributed by atoms with E-state index in [-0.39, 0.29) is 6.03 Å². The van der Waals surface area contributed by atoms with E-state index in [0.29, 0.717) is 6.04 Å². The molecule has 1 aromatic carbocycles. The maximum atomic E-state index is 13.4. The Morgan fingerprint density at radius 2 is 1.85 bits per heavy atom. The molecule has 1 aromatic rings. The number of unbranched alkanes of at least 4 members (excludes halogenated alkanes) is 2. The molecule has 0 unspecified atom stereocenters. The number of ether oxygens (including phenoxy) is 1. The summed E-state index contributed by atoms with van der Waals surface area (Å²) in [5, 5.41) is 3.37. The lowest BCUT2D eigenvalue weighted by molar-refractivity contribution is 0.0365. The number of nitrogens with one attached hydrogen (secondary N) is 1. The Hall–Kier alpha value is -1.85. The zero-order chi connectivity index (χ0) is 23.1. The van der Waals surface area contributed by atoms with Crippen LogP contribution in [0.2, 0.25) is 0 Å². The molecule has 1 saturated carbocycles. The first-order valence-corrected chi connectivity index (χ1v) is 13.3. The van der Waals surface area contributed by atoms with Gasteiger partial charge in [0.15, 0.2) is 0 Å². The maximum absolute atomic E-state index is 13.4. The SMILES string of the molecule is CCCCC/C(=C\c1ccccc1)CN(CCCN1CCOCC1)C(=O)NC1CCCCC1. The third-order valence-electron chi connectivity index (χ3n) is 6.89. The summed E-state index contributed by atoms with van der Waals surface area (Å²) in [5.41, 5.74) is 2.59. The number of carbonyl (C=O) groups is 1. The van der Waals surface area contributed by atoms with E-state index in [0.717, 1.165) is 71.6 Å². The maximum Gasteiger partial charge on any atom is 0.317 e. The number of rotatable bonds is 12. The van der Waals surface area contributed by atoms with Gasteiger partial charge < -0.3 is 15.0 Å². The molecule has 184 valence electrons. The average Bonchev–Trinajstić information content (AvgIpc) is 2.85. The molecule has 1 N–H and O–H groups in total. The summed E-state index contributed by atoms with van der Waals surface area (Å²) in [6.07, 6.45) is 14.0. The molecule has 0 aromatic heterocycles. The Morgan fingerprint density at radius 1 is 1.09 bits per heavy atom. The van der Waals surface area contributed by atoms with Gasteiger partial charge >= 0.3 is 6.03 Å². The number of amides is 2. The van der Waals surface area contributed by atoms with Crippen LogP contribution in [0.3, 0.4) is 0 Å². The van der Waals surface area contributed by atoms with Crippen molar-refractivity contribution in [1.82, 2.24) is 15.1 Å². The van der Waals surface area contributed by atoms with E-state index in [1.807, 2.05) is 0 Å². The number of hydrogen-bond acceptors (Lipinski definition) is 3. The van der Waals surface area contributed by atoms with Crippen molar-refractivity contribution in [3.8, 4) is 0 Å². The number of urea groups is 1. The highest BCUT2D eigenvalue weighted by Crippen LogP contribution is 2.19. The Kier molecular flexibility index (Phi) is 11.8. The van der Waals surface area contributed by atoms with E-state index in [1.54, 1.807) is 0 Å². The van der Waals surface area contributed by atoms with Crippen molar-refractivity contribution >= 4 is 12.1 Å². The second-order valence-corrected chi connectivity index (χ2v) is 9.68. The molecule has 5 nitrogen and oxygen atoms in total. The highest BCUT2D eigenvalue weighted by atomic mass is 16.5. The van der Waals surface area contributed by atoms with Crippen molar-refractivity contribution in [3.63, 3.8) is 0 Å². The fourth-order valence-corrected chi connectivity index (χ4v) is 4.90. The smallest absolute Gasteiger partial charge is 0.317 e. The van der Waals surface area contributed by atoms with Crippen LogP contribution in [0.4, 0.5) is 4.79 Å². The van der Waals surface area contributed by atoms with Crippen LogP contribution < -0.4 is 5.32 Å². The van der Waals surface area contributed by atoms with Crippen LogP contribution in [0.25, 0.3) is 6.08 Å². The first kappa shape index (κ1) is 25.8. The van der Waals surface area contributed by atoms with Crippen LogP contribution in [-0.4, -0.2) is 67.8 Å². The molecule has 5 heteroatoms. The van der Waals surface area contributed by atoms with E-state index in [2.05, 4.69) is 58.4 Å². The van der Waals surface area contributed by atoms with Crippen LogP contribution in [0, 0.1) is 0 Å². The van der Waals surface area contributed by atoms with Crippen molar-refractivity contribution in [1.29, 1.82) is 0 Å². The standard InChI is InChI=1S/C28H45N3O2/c1-2-3-6-14-26(23-25-12-7-4-8-13-25)24-31(18-11-17-30-19-21-33-22-20-30)28(32)29-27-15-9-5-10-16-27/h4,7-8,12-13,23,27H,2-3,5-6,9-11,14-22,24H2,1H3,(H,29,32)/b26-23+. The lowest BCUT2D eigenvalue weighted by Crippen LogP contribution is -2.47. The fourth-order valence-electron chi connectivity index (χ4n) is 4.90. The van der Waals surface area contributed by atoms with E-state index < -0.39 is 0 Å². The summed E-state index contributed by atoms with van der Waals surface area (Å²) in [6.45, 7) is 8.46. The van der Waals surface area contributed by atoms with Gasteiger partial charge in [0, 0.05) is 38.8 Å². The van der Waals surface area contributed by atoms with Crippen molar-refractivity contribution in [2.75, 3.05) is 45.9 Å². The monoisotopic (exact) mass is 455 g/mol. The molecular formula is C28H45N3O2. The molecule has 1 aliphatic heterocycles. The number of benzene rings is 1. The second kappa shape index (κ2) is 15.1. The largest absolute Gasteiger partial charge is 0.379 e. The predicted octanol–water partition coefficient (Wildman–Crippen LogP) is 5.72. The highest BCUT2D eigenvalue weighted by Gasteiger charge is 2.21. The van der Waals surface area contributed by atoms with Crippen molar-refractivity contribution in [2.24, 2.45) is 0 Å². The number of nitrogens with zero attached hydrogens (tertiary/aromatic N) is 2. The Bertz CT molecular complexity index is 694. The van der Waals surface area contributed by atoms with Gasteiger partial charge in [-0.05, 0) is 37.7 Å². The molecule has 33 heavy (non-hydrogen) atoms. The third kappa shape index (κ3) is 9.89. The van der Waals surface area contributed by atoms with Crippen LogP contribution in [0.15, 0.2) is 35.9 Å². The van der Waals surface area contributed by atoms with E-state index in [1.165, 1.54) is 49.7 Å². The molecule has 2 amide bonds. The molecule has 0 atom stereocenters. The average molecular weight is 456 g/mol. The van der Waals surface area contributed by atoms with E-state index in [9.17, 15) is 4.79 Å². The molecule has 0 spiro atoms. The van der Waals surface area contributed by atoms with Gasteiger partial charge in [-0.3, -0.25) is 4.90 Å². The molecule has 1 heterocycles. The lowest BCUT2D eigenvalue weighted by atomic mass is 9.96. The van der Waals surface area contributed by atoms with E-state index in [4.69, 9.17) is 4.74 Å². The summed E-state index contributed by atoms with van der Waals surface area (Å²) < 4.78 is 5.48. The van der Waals surface area contributed by atoms with Crippen molar-refractivity contribution in [3.05, 3.63) is 41.5 Å². The summed E-state index contributed by atoms with van der Waals surface area (Å²) >= 11 is 0. The second-order valence-electron chi connectivity index (χ2n) is 9.68. The first-order valence-electron chi connectivity index (χ1n) is 13.3. The van der Waals surface area contributed by atoms with Gasteiger partial charge in [-0.15, -0.1) is 0 Å². The van der Waals surface area contributed by atoms with E-state index >= 15 is 0 Å². The minimum Gasteiger partial charge on any atom is -0.379 e. The lowest BCUT2D eigenvalue weighted by Gasteiger charge is -2.31. The van der Waals surface area contributed by atoms with Crippen LogP contribution >= 0.6 is 0 Å². The summed E-state index contributed by atoms with van der Waals surface area (Å²) in [6, 6.07) is 11.0. The molecule has 0 bridgehead atoms. The van der Waals surface area contributed by atoms with Crippen LogP contribution in [-0.2, 0) is 4.74 Å². The molecule has 2 aliphatic rings. The minimum absolute atomic E-state index is 0.123. The summed E-state index contributed by atoms with van der Waals surface area (Å²) in [5.74, 6) is 0. The highest BCUT2D eigenvalue weighted by molar-refractivity contribution is 5.75. The van der Waals surface area contributed by atoms with Gasteiger partial charge in [-0.2, -0.15) is 0 Å². The van der Waals surface area contributed by atoms with Gasteiger partial charge in [-0.1, -0.05) is 81.0 Å². The minimum atomic E-state index is 0.123. The zero-order valence-corrected chi connectivity index (χ0v) is 20.8. The molecule has 1 aliphatic carbocycles. The predicted molar refractivity (Wildman–Crippen MR) is 137 cm³/mol. The van der Waals surface area contributed by atoms with Crippen LogP contribution in [0.1, 0.15) is 76.7 Å². The van der Waals surface area contributed by atoms with Gasteiger partial charge in [0.25, 0.3) is 0 Å². The Labute approximate surface area is 201 Å². The van der Waals surface area contributed by atoms with Crippen molar-refractivity contribution < 1.29 is 9.53 Å². The molecular weight excluding hydrogens is 410 g/mol. The van der Waals surface area contributed by atoms with Gasteiger partial charge in [-0.25, -0.2) is 4.79 Å². The quantitative estimate of drug-likeness (QED) is 0.410. The van der Waals surface area contributed by atoms with Crippen LogP contribution in [0.5, 0.6) is 0 Å². The summed E-state index contributed by atoms with van der Waals surface area (Å²) in [7, 11) is 0. The fraction of sp³-hybridized carbons (Fsp3) is 0.679. The number of carbonyl (C=O) groups excluding carboxylic acids is 1. The first-order chi connectivity index (χ1) is 16.2. The summed E-state index contributed by atoms with van der Waals surface area (Å²) in [4.78, 5) is 17.9. The van der Waals surface area contributed by atoms with Gasteiger partial charge in [0.2, 0.25) is 0 Å². The molecule has 2 fully saturated rings. The number of hydrogen-bond donors (Lipinski definition) is 1. The molecule has 3 rings (SSSR count). The number of morpholine rings is 1. The van der Waals surface area contributed by atoms with Gasteiger partial charge in [0.1, 0.15) is 0 Å². The normalized spacial score (nSPS) is 18.3. The van der Waals surface area contributed by atoms with Crippen molar-refractivity contribution in [2.45, 2.75) is 77.2 Å². The topological polar surface area (TPSA) is 44.8 Å².